The van der Waals surface area contributed by atoms with E-state index in [4.69, 9.17) is 25.8 Å². The molecule has 1 aromatic rings. The van der Waals surface area contributed by atoms with Gasteiger partial charge in [-0.3, -0.25) is 9.69 Å². The summed E-state index contributed by atoms with van der Waals surface area (Å²) in [4.78, 5) is 17.0. The molecular formula is C21H28ClFN2O4. The van der Waals surface area contributed by atoms with Gasteiger partial charge in [0.15, 0.2) is 0 Å². The quantitative estimate of drug-likeness (QED) is 0.738. The van der Waals surface area contributed by atoms with Gasteiger partial charge in [0.25, 0.3) is 0 Å². The maximum Gasteiger partial charge on any atom is 0.227 e. The van der Waals surface area contributed by atoms with Crippen molar-refractivity contribution in [2.24, 2.45) is 0 Å². The fourth-order valence-electron chi connectivity index (χ4n) is 4.40. The number of carbonyl (C=O) groups excluding carboxylic acids is 1. The molecule has 0 saturated carbocycles. The summed E-state index contributed by atoms with van der Waals surface area (Å²) in [6.45, 7) is 6.15. The molecule has 0 radical (unpaired) electrons. The highest BCUT2D eigenvalue weighted by Crippen LogP contribution is 2.34. The smallest absolute Gasteiger partial charge is 0.227 e. The van der Waals surface area contributed by atoms with Crippen LogP contribution in [0.25, 0.3) is 0 Å². The van der Waals surface area contributed by atoms with E-state index in [-0.39, 0.29) is 29.0 Å². The Kier molecular flexibility index (Phi) is 6.71. The van der Waals surface area contributed by atoms with E-state index >= 15 is 0 Å². The van der Waals surface area contributed by atoms with E-state index in [1.54, 1.807) is 17.0 Å². The monoisotopic (exact) mass is 426 g/mol. The SMILES string of the molecule is O=C(Cc1c(F)cccc1Cl)N1CCOC[C@@]2(CC[C@H](CN3CCOCC3)O2)C1. The Morgan fingerprint density at radius 2 is 2.00 bits per heavy atom. The second kappa shape index (κ2) is 9.27. The number of ether oxygens (including phenoxy) is 3. The van der Waals surface area contributed by atoms with Crippen LogP contribution in [0.2, 0.25) is 5.02 Å². The highest BCUT2D eigenvalue weighted by atomic mass is 35.5. The molecule has 160 valence electrons. The van der Waals surface area contributed by atoms with Crippen molar-refractivity contribution < 1.29 is 23.4 Å². The molecule has 6 nitrogen and oxygen atoms in total. The molecule has 3 aliphatic heterocycles. The zero-order chi connectivity index (χ0) is 20.3. The van der Waals surface area contributed by atoms with Gasteiger partial charge in [-0.05, 0) is 25.0 Å². The van der Waals surface area contributed by atoms with Crippen molar-refractivity contribution in [1.29, 1.82) is 0 Å². The molecule has 1 aromatic carbocycles. The number of rotatable bonds is 4. The highest BCUT2D eigenvalue weighted by molar-refractivity contribution is 6.31. The Labute approximate surface area is 175 Å². The van der Waals surface area contributed by atoms with Crippen LogP contribution in [0.15, 0.2) is 18.2 Å². The Balaban J connectivity index is 1.39. The van der Waals surface area contributed by atoms with Gasteiger partial charge in [-0.1, -0.05) is 17.7 Å². The van der Waals surface area contributed by atoms with Gasteiger partial charge in [0.1, 0.15) is 11.4 Å². The summed E-state index contributed by atoms with van der Waals surface area (Å²) in [7, 11) is 0. The number of carbonyl (C=O) groups is 1. The van der Waals surface area contributed by atoms with Crippen molar-refractivity contribution in [3.63, 3.8) is 0 Å². The molecule has 4 rings (SSSR count). The molecule has 0 N–H and O–H groups in total. The molecule has 3 fully saturated rings. The van der Waals surface area contributed by atoms with Crippen LogP contribution in [-0.4, -0.2) is 86.6 Å². The van der Waals surface area contributed by atoms with E-state index in [0.29, 0.717) is 26.3 Å². The molecule has 3 aliphatic rings. The second-order valence-corrected chi connectivity index (χ2v) is 8.53. The summed E-state index contributed by atoms with van der Waals surface area (Å²) in [6, 6.07) is 4.48. The normalized spacial score (nSPS) is 28.6. The Hall–Kier alpha value is -1.25. The minimum Gasteiger partial charge on any atom is -0.379 e. The van der Waals surface area contributed by atoms with Gasteiger partial charge in [0, 0.05) is 36.8 Å². The lowest BCUT2D eigenvalue weighted by Crippen LogP contribution is -2.48. The van der Waals surface area contributed by atoms with Crippen LogP contribution in [0.1, 0.15) is 18.4 Å². The summed E-state index contributed by atoms with van der Waals surface area (Å²) in [5.41, 5.74) is -0.238. The van der Waals surface area contributed by atoms with Gasteiger partial charge in [0.05, 0.1) is 45.5 Å². The number of morpholine rings is 1. The van der Waals surface area contributed by atoms with Gasteiger partial charge in [-0.15, -0.1) is 0 Å². The largest absolute Gasteiger partial charge is 0.379 e. The van der Waals surface area contributed by atoms with Gasteiger partial charge in [-0.2, -0.15) is 0 Å². The predicted molar refractivity (Wildman–Crippen MR) is 107 cm³/mol. The second-order valence-electron chi connectivity index (χ2n) is 8.12. The number of halogens is 2. The highest BCUT2D eigenvalue weighted by Gasteiger charge is 2.44. The standard InChI is InChI=1S/C21H28ClFN2O4/c22-18-2-1-3-19(23)17(18)12-20(26)25-8-11-28-15-21(14-25)5-4-16(29-21)13-24-6-9-27-10-7-24/h1-3,16H,4-15H2/t16-,21-/m1/s1. The number of amides is 1. The van der Waals surface area contributed by atoms with Crippen molar-refractivity contribution in [2.75, 3.05) is 59.2 Å². The molecule has 0 aliphatic carbocycles. The molecule has 1 amide bonds. The predicted octanol–water partition coefficient (Wildman–Crippen LogP) is 2.13. The number of hydrogen-bond acceptors (Lipinski definition) is 5. The molecule has 2 atom stereocenters. The van der Waals surface area contributed by atoms with E-state index in [2.05, 4.69) is 4.90 Å². The number of nitrogens with zero attached hydrogens (tertiary/aromatic N) is 2. The van der Waals surface area contributed by atoms with Crippen LogP contribution in [0.4, 0.5) is 4.39 Å². The van der Waals surface area contributed by atoms with Crippen LogP contribution in [0.5, 0.6) is 0 Å². The number of hydrogen-bond donors (Lipinski definition) is 0. The van der Waals surface area contributed by atoms with Crippen LogP contribution >= 0.6 is 11.6 Å². The molecule has 0 bridgehead atoms. The third-order valence-electron chi connectivity index (χ3n) is 6.00. The van der Waals surface area contributed by atoms with Crippen molar-refractivity contribution in [3.05, 3.63) is 34.6 Å². The van der Waals surface area contributed by atoms with Gasteiger partial charge in [-0.25, -0.2) is 4.39 Å². The maximum atomic E-state index is 14.1. The summed E-state index contributed by atoms with van der Waals surface area (Å²) < 4.78 is 31.8. The average molecular weight is 427 g/mol. The zero-order valence-corrected chi connectivity index (χ0v) is 17.3. The van der Waals surface area contributed by atoms with E-state index in [1.165, 1.54) is 6.07 Å². The van der Waals surface area contributed by atoms with Crippen molar-refractivity contribution >= 4 is 17.5 Å². The first kappa shape index (κ1) is 21.0. The van der Waals surface area contributed by atoms with Gasteiger partial charge >= 0.3 is 0 Å². The maximum absolute atomic E-state index is 14.1. The molecule has 1 spiro atoms. The van der Waals surface area contributed by atoms with Crippen molar-refractivity contribution in [1.82, 2.24) is 9.80 Å². The molecule has 0 aromatic heterocycles. The molecule has 29 heavy (non-hydrogen) atoms. The Morgan fingerprint density at radius 3 is 2.79 bits per heavy atom. The fourth-order valence-corrected chi connectivity index (χ4v) is 4.63. The lowest BCUT2D eigenvalue weighted by Gasteiger charge is -2.33. The third kappa shape index (κ3) is 5.09. The van der Waals surface area contributed by atoms with Crippen LogP contribution < -0.4 is 0 Å². The third-order valence-corrected chi connectivity index (χ3v) is 6.35. The van der Waals surface area contributed by atoms with E-state index in [9.17, 15) is 9.18 Å². The lowest BCUT2D eigenvalue weighted by atomic mass is 9.99. The summed E-state index contributed by atoms with van der Waals surface area (Å²) >= 11 is 6.10. The first-order valence-electron chi connectivity index (χ1n) is 10.3. The molecular weight excluding hydrogens is 399 g/mol. The summed E-state index contributed by atoms with van der Waals surface area (Å²) in [5.74, 6) is -0.601. The Morgan fingerprint density at radius 1 is 1.21 bits per heavy atom. The van der Waals surface area contributed by atoms with Crippen LogP contribution in [-0.2, 0) is 25.4 Å². The molecule has 3 saturated heterocycles. The fraction of sp³-hybridized carbons (Fsp3) is 0.667. The Bertz CT molecular complexity index is 710. The molecule has 3 heterocycles. The van der Waals surface area contributed by atoms with E-state index in [0.717, 1.165) is 45.7 Å². The van der Waals surface area contributed by atoms with E-state index < -0.39 is 11.4 Å². The summed E-state index contributed by atoms with van der Waals surface area (Å²) in [6.07, 6.45) is 1.88. The lowest BCUT2D eigenvalue weighted by molar-refractivity contribution is -0.136. The minimum atomic E-state index is -0.484. The zero-order valence-electron chi connectivity index (χ0n) is 16.6. The van der Waals surface area contributed by atoms with Gasteiger partial charge in [0.2, 0.25) is 5.91 Å². The first-order valence-corrected chi connectivity index (χ1v) is 10.7. The molecule has 8 heteroatoms. The van der Waals surface area contributed by atoms with Crippen LogP contribution in [0, 0.1) is 5.82 Å². The average Bonchev–Trinajstić information content (AvgIpc) is 2.97. The van der Waals surface area contributed by atoms with Crippen molar-refractivity contribution in [2.45, 2.75) is 31.0 Å². The topological polar surface area (TPSA) is 51.2 Å². The van der Waals surface area contributed by atoms with Crippen molar-refractivity contribution in [3.8, 4) is 0 Å². The van der Waals surface area contributed by atoms with Crippen LogP contribution in [0.3, 0.4) is 0 Å². The summed E-state index contributed by atoms with van der Waals surface area (Å²) in [5, 5.41) is 0.279. The van der Waals surface area contributed by atoms with E-state index in [1.807, 2.05) is 0 Å². The first-order chi connectivity index (χ1) is 14.0. The minimum absolute atomic E-state index is 0.0568. The van der Waals surface area contributed by atoms with Gasteiger partial charge < -0.3 is 19.1 Å². The molecule has 0 unspecified atom stereocenters. The number of benzene rings is 1.